The number of carbonyl (C=O) groups is 1. The number of halogens is 15. The second-order valence-electron chi connectivity index (χ2n) is 7.36. The van der Waals surface area contributed by atoms with Gasteiger partial charge in [0.2, 0.25) is 0 Å². The molecule has 0 saturated heterocycles. The summed E-state index contributed by atoms with van der Waals surface area (Å²) >= 11 is 0. The van der Waals surface area contributed by atoms with Crippen LogP contribution in [0.15, 0.2) is 0 Å². The Bertz CT molecular complexity index is 703. The SMILES string of the molecule is NCCC(CCN)CCCNC(=O)C(F)(F)C(F)(F)C(F)(F)C(F)(F)C(F)(F)C(F)(F)C(F)(F)F. The van der Waals surface area contributed by atoms with Gasteiger partial charge in [-0.25, -0.2) is 0 Å². The summed E-state index contributed by atoms with van der Waals surface area (Å²) in [4.78, 5) is 11.3. The molecule has 0 saturated carbocycles. The Morgan fingerprint density at radius 1 is 0.600 bits per heavy atom. The molecule has 4 nitrogen and oxygen atoms in total. The Morgan fingerprint density at radius 3 is 1.34 bits per heavy atom. The molecule has 0 aromatic carbocycles. The zero-order chi connectivity index (χ0) is 28.3. The van der Waals surface area contributed by atoms with Gasteiger partial charge in [0.15, 0.2) is 0 Å². The van der Waals surface area contributed by atoms with Crippen LogP contribution in [0.25, 0.3) is 0 Å². The van der Waals surface area contributed by atoms with Gasteiger partial charge in [0.25, 0.3) is 5.91 Å². The third-order valence-electron chi connectivity index (χ3n) is 4.84. The highest BCUT2D eigenvalue weighted by atomic mass is 19.4. The van der Waals surface area contributed by atoms with Crippen LogP contribution in [0.3, 0.4) is 0 Å². The molecule has 1 amide bonds. The van der Waals surface area contributed by atoms with Crippen molar-refractivity contribution in [1.29, 1.82) is 0 Å². The zero-order valence-electron chi connectivity index (χ0n) is 17.3. The van der Waals surface area contributed by atoms with Crippen LogP contribution in [0.2, 0.25) is 0 Å². The smallest absolute Gasteiger partial charge is 0.351 e. The maximum absolute atomic E-state index is 13.7. The summed E-state index contributed by atoms with van der Waals surface area (Å²) in [6.07, 6.45) is -7.21. The number of carbonyl (C=O) groups excluding carboxylic acids is 1. The maximum atomic E-state index is 13.7. The van der Waals surface area contributed by atoms with Gasteiger partial charge in [-0.15, -0.1) is 0 Å². The predicted molar refractivity (Wildman–Crippen MR) is 88.8 cm³/mol. The van der Waals surface area contributed by atoms with Crippen LogP contribution in [0.1, 0.15) is 25.7 Å². The molecular formula is C16H20F15N3O. The minimum Gasteiger partial charge on any atom is -0.351 e. The van der Waals surface area contributed by atoms with Crippen molar-refractivity contribution in [2.75, 3.05) is 19.6 Å². The van der Waals surface area contributed by atoms with Crippen molar-refractivity contribution in [3.63, 3.8) is 0 Å². The van der Waals surface area contributed by atoms with Gasteiger partial charge in [0, 0.05) is 6.54 Å². The molecule has 0 atom stereocenters. The number of amides is 1. The lowest BCUT2D eigenvalue weighted by atomic mass is 9.90. The van der Waals surface area contributed by atoms with Gasteiger partial charge >= 0.3 is 41.7 Å². The molecule has 0 radical (unpaired) electrons. The first kappa shape index (κ1) is 33.3. The average molecular weight is 555 g/mol. The van der Waals surface area contributed by atoms with E-state index in [0.717, 1.165) is 5.32 Å². The summed E-state index contributed by atoms with van der Waals surface area (Å²) in [7, 11) is 0. The van der Waals surface area contributed by atoms with Gasteiger partial charge in [0.1, 0.15) is 0 Å². The number of alkyl halides is 15. The molecule has 0 unspecified atom stereocenters. The highest BCUT2D eigenvalue weighted by Gasteiger charge is 2.94. The first-order valence-corrected chi connectivity index (χ1v) is 9.43. The zero-order valence-corrected chi connectivity index (χ0v) is 17.3. The monoisotopic (exact) mass is 555 g/mol. The molecule has 0 aromatic heterocycles. The van der Waals surface area contributed by atoms with Gasteiger partial charge in [-0.05, 0) is 44.7 Å². The average Bonchev–Trinajstić information content (AvgIpc) is 2.69. The molecule has 0 fully saturated rings. The van der Waals surface area contributed by atoms with E-state index < -0.39 is 54.2 Å². The Balaban J connectivity index is 5.84. The van der Waals surface area contributed by atoms with Crippen molar-refractivity contribution >= 4 is 5.91 Å². The maximum Gasteiger partial charge on any atom is 0.460 e. The van der Waals surface area contributed by atoms with Crippen LogP contribution in [0.5, 0.6) is 0 Å². The fourth-order valence-corrected chi connectivity index (χ4v) is 2.72. The molecule has 0 rings (SSSR count). The molecule has 5 N–H and O–H groups in total. The summed E-state index contributed by atoms with van der Waals surface area (Å²) in [5.41, 5.74) is 10.6. The molecule has 0 spiro atoms. The summed E-state index contributed by atoms with van der Waals surface area (Å²) in [5.74, 6) is -51.6. The van der Waals surface area contributed by atoms with Crippen molar-refractivity contribution in [3.05, 3.63) is 0 Å². The van der Waals surface area contributed by atoms with E-state index in [2.05, 4.69) is 0 Å². The minimum absolute atomic E-state index is 0.0730. The van der Waals surface area contributed by atoms with E-state index in [-0.39, 0.29) is 31.8 Å². The number of hydrogen-bond acceptors (Lipinski definition) is 3. The van der Waals surface area contributed by atoms with Gasteiger partial charge in [-0.2, -0.15) is 65.9 Å². The molecule has 0 aliphatic heterocycles. The molecule has 0 heterocycles. The summed E-state index contributed by atoms with van der Waals surface area (Å²) < 4.78 is 196. The molecule has 35 heavy (non-hydrogen) atoms. The fraction of sp³-hybridized carbons (Fsp3) is 0.938. The Kier molecular flexibility index (Phi) is 10.2. The lowest BCUT2D eigenvalue weighted by molar-refractivity contribution is -0.449. The number of nitrogens with one attached hydrogen (secondary N) is 1. The van der Waals surface area contributed by atoms with Crippen LogP contribution in [0.4, 0.5) is 65.9 Å². The third kappa shape index (κ3) is 5.85. The summed E-state index contributed by atoms with van der Waals surface area (Å²) in [5, 5.41) is 0.960. The second-order valence-corrected chi connectivity index (χ2v) is 7.36. The van der Waals surface area contributed by atoms with Crippen molar-refractivity contribution in [2.24, 2.45) is 17.4 Å². The lowest BCUT2D eigenvalue weighted by Gasteiger charge is -2.41. The molecule has 0 aliphatic carbocycles. The van der Waals surface area contributed by atoms with Gasteiger partial charge in [-0.1, -0.05) is 0 Å². The van der Waals surface area contributed by atoms with E-state index in [1.54, 1.807) is 0 Å². The van der Waals surface area contributed by atoms with Crippen LogP contribution in [0, 0.1) is 5.92 Å². The van der Waals surface area contributed by atoms with Crippen LogP contribution >= 0.6 is 0 Å². The van der Waals surface area contributed by atoms with E-state index in [1.807, 2.05) is 0 Å². The predicted octanol–water partition coefficient (Wildman–Crippen LogP) is 4.57. The molecule has 210 valence electrons. The van der Waals surface area contributed by atoms with Gasteiger partial charge in [0.05, 0.1) is 0 Å². The topological polar surface area (TPSA) is 81.1 Å². The quantitative estimate of drug-likeness (QED) is 0.217. The van der Waals surface area contributed by atoms with Crippen molar-refractivity contribution in [2.45, 2.75) is 67.4 Å². The van der Waals surface area contributed by atoms with Gasteiger partial charge in [-0.3, -0.25) is 4.79 Å². The van der Waals surface area contributed by atoms with E-state index in [9.17, 15) is 70.7 Å². The van der Waals surface area contributed by atoms with Crippen LogP contribution < -0.4 is 16.8 Å². The molecule has 0 aliphatic rings. The highest BCUT2D eigenvalue weighted by molar-refractivity contribution is 5.84. The van der Waals surface area contributed by atoms with E-state index in [0.29, 0.717) is 12.8 Å². The van der Waals surface area contributed by atoms with Crippen molar-refractivity contribution in [3.8, 4) is 0 Å². The van der Waals surface area contributed by atoms with E-state index >= 15 is 0 Å². The molecule has 0 bridgehead atoms. The fourth-order valence-electron chi connectivity index (χ4n) is 2.72. The highest BCUT2D eigenvalue weighted by Crippen LogP contribution is 2.62. The Morgan fingerprint density at radius 2 is 0.971 bits per heavy atom. The van der Waals surface area contributed by atoms with Gasteiger partial charge < -0.3 is 16.8 Å². The third-order valence-corrected chi connectivity index (χ3v) is 4.84. The molecule has 19 heteroatoms. The van der Waals surface area contributed by atoms with Crippen molar-refractivity contribution < 1.29 is 70.7 Å². The standard InChI is InChI=1S/C16H20F15N3O/c17-10(18,9(35)34-7-1-2-8(3-5-32)4-6-33)11(19,20)12(21,22)13(23,24)14(25,26)15(27,28)16(29,30)31/h8H,1-7,32-33H2,(H,34,35). The molecular weight excluding hydrogens is 535 g/mol. The Labute approximate surface area is 187 Å². The van der Waals surface area contributed by atoms with E-state index in [1.165, 1.54) is 0 Å². The first-order valence-electron chi connectivity index (χ1n) is 9.43. The number of hydrogen-bond donors (Lipinski definition) is 3. The number of rotatable bonds is 14. The van der Waals surface area contributed by atoms with Crippen LogP contribution in [-0.2, 0) is 4.79 Å². The number of nitrogens with two attached hydrogens (primary N) is 2. The van der Waals surface area contributed by atoms with E-state index in [4.69, 9.17) is 11.5 Å². The first-order chi connectivity index (χ1) is 15.4. The summed E-state index contributed by atoms with van der Waals surface area (Å²) in [6.45, 7) is -0.675. The van der Waals surface area contributed by atoms with Crippen molar-refractivity contribution in [1.82, 2.24) is 5.32 Å². The largest absolute Gasteiger partial charge is 0.460 e. The minimum atomic E-state index is -8.43. The molecule has 0 aromatic rings. The Hall–Kier alpha value is -1.66. The normalized spacial score (nSPS) is 15.0. The lowest BCUT2D eigenvalue weighted by Crippen LogP contribution is -2.74. The van der Waals surface area contributed by atoms with Crippen LogP contribution in [-0.4, -0.2) is 67.3 Å². The summed E-state index contributed by atoms with van der Waals surface area (Å²) in [6, 6.07) is 0. The second kappa shape index (κ2) is 10.8.